The summed E-state index contributed by atoms with van der Waals surface area (Å²) >= 11 is 18.2. The first kappa shape index (κ1) is 11.8. The summed E-state index contributed by atoms with van der Waals surface area (Å²) in [4.78, 5) is 4.23. The third-order valence-corrected chi connectivity index (χ3v) is 3.31. The van der Waals surface area contributed by atoms with Crippen LogP contribution in [0.2, 0.25) is 15.2 Å². The van der Waals surface area contributed by atoms with E-state index in [4.69, 9.17) is 34.8 Å². The molecule has 90 valence electrons. The second-order valence-electron chi connectivity index (χ2n) is 3.76. The number of nitrogens with one attached hydrogen (secondary N) is 1. The molecule has 0 radical (unpaired) electrons. The van der Waals surface area contributed by atoms with Gasteiger partial charge in [0.2, 0.25) is 0 Å². The molecule has 3 aromatic rings. The smallest absolute Gasteiger partial charge is 0.130 e. The number of nitrogens with zero attached hydrogens (tertiary/aromatic N) is 2. The summed E-state index contributed by atoms with van der Waals surface area (Å²) in [6.45, 7) is 0. The monoisotopic (exact) mass is 297 g/mol. The first-order valence-corrected chi connectivity index (χ1v) is 6.23. The van der Waals surface area contributed by atoms with Crippen LogP contribution in [0.25, 0.3) is 22.0 Å². The zero-order valence-corrected chi connectivity index (χ0v) is 11.2. The molecule has 0 bridgehead atoms. The number of rotatable bonds is 1. The van der Waals surface area contributed by atoms with Crippen molar-refractivity contribution in [3.05, 3.63) is 45.8 Å². The Bertz CT molecular complexity index is 718. The molecule has 0 saturated heterocycles. The summed E-state index contributed by atoms with van der Waals surface area (Å²) in [5.74, 6) is 0. The molecule has 18 heavy (non-hydrogen) atoms. The second-order valence-corrected chi connectivity index (χ2v) is 4.99. The average molecular weight is 299 g/mol. The van der Waals surface area contributed by atoms with Gasteiger partial charge in [-0.05, 0) is 23.8 Å². The first-order valence-electron chi connectivity index (χ1n) is 5.09. The molecule has 0 spiro atoms. The van der Waals surface area contributed by atoms with E-state index in [-0.39, 0.29) is 0 Å². The van der Waals surface area contributed by atoms with Crippen LogP contribution in [0.5, 0.6) is 0 Å². The Morgan fingerprint density at radius 2 is 1.89 bits per heavy atom. The van der Waals surface area contributed by atoms with E-state index < -0.39 is 0 Å². The molecule has 3 rings (SSSR count). The predicted molar refractivity (Wildman–Crippen MR) is 74.4 cm³/mol. The van der Waals surface area contributed by atoms with E-state index >= 15 is 0 Å². The van der Waals surface area contributed by atoms with Crippen molar-refractivity contribution in [2.75, 3.05) is 0 Å². The van der Waals surface area contributed by atoms with Crippen molar-refractivity contribution < 1.29 is 0 Å². The number of H-pyrrole nitrogens is 1. The third kappa shape index (κ3) is 1.94. The molecule has 0 aliphatic heterocycles. The summed E-state index contributed by atoms with van der Waals surface area (Å²) in [6, 6.07) is 5.18. The highest BCUT2D eigenvalue weighted by Crippen LogP contribution is 2.36. The molecule has 0 aliphatic carbocycles. The van der Waals surface area contributed by atoms with Gasteiger partial charge < -0.3 is 0 Å². The third-order valence-electron chi connectivity index (χ3n) is 2.60. The van der Waals surface area contributed by atoms with E-state index in [1.54, 1.807) is 30.6 Å². The summed E-state index contributed by atoms with van der Waals surface area (Å²) in [5, 5.41) is 8.95. The van der Waals surface area contributed by atoms with Gasteiger partial charge in [-0.1, -0.05) is 34.8 Å². The molecule has 2 heterocycles. The minimum Gasteiger partial charge on any atom is -0.285 e. The Hall–Kier alpha value is -1.29. The van der Waals surface area contributed by atoms with Crippen LogP contribution in [0.1, 0.15) is 0 Å². The van der Waals surface area contributed by atoms with Crippen molar-refractivity contribution in [1.82, 2.24) is 15.2 Å². The number of aromatic nitrogens is 3. The standard InChI is InChI=1S/C12H6Cl3N3/c13-7-1-9(14)12-8(6-4-16-17-5-6)3-11(15)18-10(12)2-7/h1-5H,(H,16,17). The largest absolute Gasteiger partial charge is 0.285 e. The van der Waals surface area contributed by atoms with Crippen LogP contribution < -0.4 is 0 Å². The zero-order chi connectivity index (χ0) is 12.7. The van der Waals surface area contributed by atoms with Gasteiger partial charge in [-0.2, -0.15) is 5.10 Å². The zero-order valence-electron chi connectivity index (χ0n) is 8.92. The molecule has 1 N–H and O–H groups in total. The molecule has 3 nitrogen and oxygen atoms in total. The van der Waals surface area contributed by atoms with Crippen LogP contribution in [-0.2, 0) is 0 Å². The predicted octanol–water partition coefficient (Wildman–Crippen LogP) is 4.59. The normalized spacial score (nSPS) is 11.1. The number of pyridine rings is 1. The number of hydrogen-bond donors (Lipinski definition) is 1. The van der Waals surface area contributed by atoms with Crippen LogP contribution in [-0.4, -0.2) is 15.2 Å². The van der Waals surface area contributed by atoms with Gasteiger partial charge in [0.1, 0.15) is 5.15 Å². The number of fused-ring (bicyclic) bond motifs is 1. The molecule has 0 fully saturated rings. The summed E-state index contributed by atoms with van der Waals surface area (Å²) in [7, 11) is 0. The number of halogens is 3. The average Bonchev–Trinajstić information content (AvgIpc) is 2.79. The van der Waals surface area contributed by atoms with Crippen LogP contribution in [0.4, 0.5) is 0 Å². The minimum absolute atomic E-state index is 0.386. The Morgan fingerprint density at radius 3 is 2.61 bits per heavy atom. The maximum atomic E-state index is 6.24. The van der Waals surface area contributed by atoms with Gasteiger partial charge in [0.25, 0.3) is 0 Å². The summed E-state index contributed by atoms with van der Waals surface area (Å²) < 4.78 is 0. The Kier molecular flexibility index (Phi) is 2.90. The maximum absolute atomic E-state index is 6.24. The van der Waals surface area contributed by atoms with Gasteiger partial charge in [0.05, 0.1) is 16.7 Å². The molecule has 1 aromatic carbocycles. The van der Waals surface area contributed by atoms with Crippen molar-refractivity contribution in [2.24, 2.45) is 0 Å². The van der Waals surface area contributed by atoms with Crippen LogP contribution in [0.3, 0.4) is 0 Å². The van der Waals surface area contributed by atoms with Crippen molar-refractivity contribution in [3.8, 4) is 11.1 Å². The lowest BCUT2D eigenvalue weighted by Gasteiger charge is -2.07. The molecule has 2 aromatic heterocycles. The van der Waals surface area contributed by atoms with E-state index in [0.29, 0.717) is 20.7 Å². The fourth-order valence-electron chi connectivity index (χ4n) is 1.88. The number of aromatic amines is 1. The van der Waals surface area contributed by atoms with Crippen LogP contribution in [0, 0.1) is 0 Å². The second kappa shape index (κ2) is 4.43. The SMILES string of the molecule is Clc1cc(Cl)c2c(-c3cn[nH]c3)cc(Cl)nc2c1. The fraction of sp³-hybridized carbons (Fsp3) is 0. The summed E-state index contributed by atoms with van der Waals surface area (Å²) in [5.41, 5.74) is 2.44. The lowest BCUT2D eigenvalue weighted by molar-refractivity contribution is 1.09. The van der Waals surface area contributed by atoms with E-state index in [1.807, 2.05) is 0 Å². The van der Waals surface area contributed by atoms with Crippen LogP contribution >= 0.6 is 34.8 Å². The van der Waals surface area contributed by atoms with E-state index in [9.17, 15) is 0 Å². The maximum Gasteiger partial charge on any atom is 0.130 e. The van der Waals surface area contributed by atoms with Gasteiger partial charge in [-0.25, -0.2) is 4.98 Å². The van der Waals surface area contributed by atoms with Crippen molar-refractivity contribution in [2.45, 2.75) is 0 Å². The molecule has 0 amide bonds. The first-order chi connectivity index (χ1) is 8.65. The molecule has 0 saturated carbocycles. The van der Waals surface area contributed by atoms with E-state index in [2.05, 4.69) is 15.2 Å². The molecule has 0 atom stereocenters. The molecule has 0 aliphatic rings. The Balaban J connectivity index is 2.44. The minimum atomic E-state index is 0.386. The number of benzene rings is 1. The van der Waals surface area contributed by atoms with Gasteiger partial charge in [-0.15, -0.1) is 0 Å². The van der Waals surface area contributed by atoms with Crippen molar-refractivity contribution >= 4 is 45.7 Å². The van der Waals surface area contributed by atoms with Gasteiger partial charge in [-0.3, -0.25) is 5.10 Å². The number of hydrogen-bond acceptors (Lipinski definition) is 2. The Labute approximate surface area is 118 Å². The Morgan fingerprint density at radius 1 is 1.06 bits per heavy atom. The van der Waals surface area contributed by atoms with Gasteiger partial charge in [0.15, 0.2) is 0 Å². The van der Waals surface area contributed by atoms with Gasteiger partial charge >= 0.3 is 0 Å². The van der Waals surface area contributed by atoms with Crippen molar-refractivity contribution in [3.63, 3.8) is 0 Å². The molecule has 6 heteroatoms. The lowest BCUT2D eigenvalue weighted by atomic mass is 10.0. The van der Waals surface area contributed by atoms with E-state index in [0.717, 1.165) is 16.5 Å². The highest BCUT2D eigenvalue weighted by Gasteiger charge is 2.12. The molecular weight excluding hydrogens is 293 g/mol. The van der Waals surface area contributed by atoms with Gasteiger partial charge in [0, 0.05) is 22.2 Å². The van der Waals surface area contributed by atoms with Crippen molar-refractivity contribution in [1.29, 1.82) is 0 Å². The highest BCUT2D eigenvalue weighted by atomic mass is 35.5. The van der Waals surface area contributed by atoms with E-state index in [1.165, 1.54) is 0 Å². The summed E-state index contributed by atoms with van der Waals surface area (Å²) in [6.07, 6.45) is 3.48. The molecular formula is C12H6Cl3N3. The highest BCUT2D eigenvalue weighted by molar-refractivity contribution is 6.40. The lowest BCUT2D eigenvalue weighted by Crippen LogP contribution is -1.86. The topological polar surface area (TPSA) is 41.6 Å². The molecule has 0 unspecified atom stereocenters. The quantitative estimate of drug-likeness (QED) is 0.668. The fourth-order valence-corrected chi connectivity index (χ4v) is 2.66. The van der Waals surface area contributed by atoms with Crippen LogP contribution in [0.15, 0.2) is 30.6 Å².